The Hall–Kier alpha value is -0.200. The normalized spacial score (nSPS) is 58.0. The van der Waals surface area contributed by atoms with E-state index < -0.39 is 30.3 Å². The van der Waals surface area contributed by atoms with Gasteiger partial charge in [-0.3, -0.25) is 0 Å². The first-order valence-electron chi connectivity index (χ1n) is 3.97. The Morgan fingerprint density at radius 1 is 0.917 bits per heavy atom. The Labute approximate surface area is 69.2 Å². The summed E-state index contributed by atoms with van der Waals surface area (Å²) in [5.74, 6) is -0.464. The van der Waals surface area contributed by atoms with Gasteiger partial charge in [0.2, 0.25) is 0 Å². The lowest BCUT2D eigenvalue weighted by Gasteiger charge is -2.30. The Bertz CT molecular complexity index is 185. The molecular formula is C7H12O5. The molecule has 0 aromatic rings. The van der Waals surface area contributed by atoms with Crippen LogP contribution >= 0.6 is 0 Å². The van der Waals surface area contributed by atoms with Crippen molar-refractivity contribution < 1.29 is 25.2 Å². The third kappa shape index (κ3) is 0.982. The third-order valence-electron chi connectivity index (χ3n) is 2.67. The first-order chi connectivity index (χ1) is 5.66. The SMILES string of the molecule is OC[C@@H]1[C@@H](O)[C@H](O)C(O)[C@@H]2O[C@H]12. The van der Waals surface area contributed by atoms with Gasteiger partial charge in [0.1, 0.15) is 18.3 Å². The van der Waals surface area contributed by atoms with E-state index in [9.17, 15) is 15.3 Å². The Morgan fingerprint density at radius 3 is 2.17 bits per heavy atom. The molecule has 70 valence electrons. The number of hydrogen-bond acceptors (Lipinski definition) is 5. The van der Waals surface area contributed by atoms with Gasteiger partial charge in [-0.1, -0.05) is 0 Å². The molecule has 2 rings (SSSR count). The van der Waals surface area contributed by atoms with Crippen LogP contribution < -0.4 is 0 Å². The summed E-state index contributed by atoms with van der Waals surface area (Å²) in [6.07, 6.45) is -4.00. The molecule has 6 atom stereocenters. The summed E-state index contributed by atoms with van der Waals surface area (Å²) >= 11 is 0. The molecule has 4 N–H and O–H groups in total. The van der Waals surface area contributed by atoms with Crippen LogP contribution in [-0.4, -0.2) is 57.6 Å². The molecule has 0 amide bonds. The van der Waals surface area contributed by atoms with Crippen LogP contribution in [0.5, 0.6) is 0 Å². The predicted octanol–water partition coefficient (Wildman–Crippen LogP) is -2.54. The molecule has 0 radical (unpaired) electrons. The molecular weight excluding hydrogens is 164 g/mol. The minimum Gasteiger partial charge on any atom is -0.396 e. The molecule has 0 bridgehead atoms. The third-order valence-corrected chi connectivity index (χ3v) is 2.67. The van der Waals surface area contributed by atoms with Crippen LogP contribution in [0.2, 0.25) is 0 Å². The van der Waals surface area contributed by atoms with Gasteiger partial charge in [-0.2, -0.15) is 0 Å². The summed E-state index contributed by atoms with van der Waals surface area (Å²) in [4.78, 5) is 0. The predicted molar refractivity (Wildman–Crippen MR) is 37.3 cm³/mol. The molecule has 0 aromatic heterocycles. The molecule has 1 saturated heterocycles. The zero-order valence-corrected chi connectivity index (χ0v) is 6.37. The fourth-order valence-corrected chi connectivity index (χ4v) is 1.81. The topological polar surface area (TPSA) is 93.5 Å². The Kier molecular flexibility index (Phi) is 1.85. The van der Waals surface area contributed by atoms with E-state index in [4.69, 9.17) is 9.84 Å². The summed E-state index contributed by atoms with van der Waals surface area (Å²) < 4.78 is 5.00. The van der Waals surface area contributed by atoms with Gasteiger partial charge in [-0.25, -0.2) is 0 Å². The molecule has 2 aliphatic rings. The van der Waals surface area contributed by atoms with Crippen molar-refractivity contribution in [2.24, 2.45) is 5.92 Å². The van der Waals surface area contributed by atoms with Crippen molar-refractivity contribution in [1.29, 1.82) is 0 Å². The van der Waals surface area contributed by atoms with Crippen LogP contribution in [0.3, 0.4) is 0 Å². The van der Waals surface area contributed by atoms with E-state index in [2.05, 4.69) is 0 Å². The maximum Gasteiger partial charge on any atom is 0.113 e. The van der Waals surface area contributed by atoms with Crippen molar-refractivity contribution >= 4 is 0 Å². The van der Waals surface area contributed by atoms with Crippen molar-refractivity contribution in [2.75, 3.05) is 6.61 Å². The molecule has 1 aliphatic heterocycles. The zero-order chi connectivity index (χ0) is 8.88. The number of rotatable bonds is 1. The number of ether oxygens (including phenoxy) is 1. The summed E-state index contributed by atoms with van der Waals surface area (Å²) in [5.41, 5.74) is 0. The second-order valence-electron chi connectivity index (χ2n) is 3.38. The number of epoxide rings is 1. The van der Waals surface area contributed by atoms with Gasteiger partial charge in [0.25, 0.3) is 0 Å². The van der Waals surface area contributed by atoms with Crippen molar-refractivity contribution in [1.82, 2.24) is 0 Å². The van der Waals surface area contributed by atoms with E-state index in [1.54, 1.807) is 0 Å². The van der Waals surface area contributed by atoms with Crippen LogP contribution in [0, 0.1) is 5.92 Å². The molecule has 5 heteroatoms. The van der Waals surface area contributed by atoms with E-state index in [1.807, 2.05) is 0 Å². The zero-order valence-electron chi connectivity index (χ0n) is 6.37. The lowest BCUT2D eigenvalue weighted by atomic mass is 9.83. The number of hydrogen-bond donors (Lipinski definition) is 4. The fraction of sp³-hybridized carbons (Fsp3) is 1.00. The molecule has 1 saturated carbocycles. The highest BCUT2D eigenvalue weighted by molar-refractivity contribution is 5.07. The van der Waals surface area contributed by atoms with Crippen molar-refractivity contribution in [3.05, 3.63) is 0 Å². The van der Waals surface area contributed by atoms with Crippen LogP contribution in [-0.2, 0) is 4.74 Å². The highest BCUT2D eigenvalue weighted by Gasteiger charge is 2.59. The van der Waals surface area contributed by atoms with E-state index >= 15 is 0 Å². The average molecular weight is 176 g/mol. The molecule has 12 heavy (non-hydrogen) atoms. The molecule has 1 heterocycles. The fourth-order valence-electron chi connectivity index (χ4n) is 1.81. The quantitative estimate of drug-likeness (QED) is 0.330. The van der Waals surface area contributed by atoms with E-state index in [1.165, 1.54) is 0 Å². The monoisotopic (exact) mass is 176 g/mol. The van der Waals surface area contributed by atoms with Gasteiger partial charge in [-0.15, -0.1) is 0 Å². The van der Waals surface area contributed by atoms with Gasteiger partial charge in [0.15, 0.2) is 0 Å². The highest BCUT2D eigenvalue weighted by Crippen LogP contribution is 2.40. The largest absolute Gasteiger partial charge is 0.396 e. The summed E-state index contributed by atoms with van der Waals surface area (Å²) in [6.45, 7) is -0.230. The number of aliphatic hydroxyl groups is 4. The average Bonchev–Trinajstić information content (AvgIpc) is 2.81. The van der Waals surface area contributed by atoms with E-state index in [0.717, 1.165) is 0 Å². The summed E-state index contributed by atoms with van der Waals surface area (Å²) in [5, 5.41) is 36.7. The van der Waals surface area contributed by atoms with Gasteiger partial charge in [0.05, 0.1) is 18.8 Å². The smallest absolute Gasteiger partial charge is 0.113 e. The number of aliphatic hydroxyl groups excluding tert-OH is 4. The highest BCUT2D eigenvalue weighted by atomic mass is 16.6. The van der Waals surface area contributed by atoms with E-state index in [0.29, 0.717) is 0 Å². The van der Waals surface area contributed by atoms with Crippen LogP contribution in [0.15, 0.2) is 0 Å². The second-order valence-corrected chi connectivity index (χ2v) is 3.38. The van der Waals surface area contributed by atoms with Crippen LogP contribution in [0.1, 0.15) is 0 Å². The lowest BCUT2D eigenvalue weighted by Crippen LogP contribution is -2.52. The summed E-state index contributed by atoms with van der Waals surface area (Å²) in [6, 6.07) is 0. The van der Waals surface area contributed by atoms with Gasteiger partial charge in [0, 0.05) is 5.92 Å². The van der Waals surface area contributed by atoms with Crippen LogP contribution in [0.4, 0.5) is 0 Å². The minimum absolute atomic E-state index is 0.230. The van der Waals surface area contributed by atoms with Crippen LogP contribution in [0.25, 0.3) is 0 Å². The molecule has 5 nitrogen and oxygen atoms in total. The Morgan fingerprint density at radius 2 is 1.58 bits per heavy atom. The van der Waals surface area contributed by atoms with Crippen molar-refractivity contribution in [3.63, 3.8) is 0 Å². The van der Waals surface area contributed by atoms with Crippen molar-refractivity contribution in [3.8, 4) is 0 Å². The molecule has 0 aromatic carbocycles. The number of fused-ring (bicyclic) bond motifs is 1. The first-order valence-corrected chi connectivity index (χ1v) is 3.97. The molecule has 1 unspecified atom stereocenters. The molecule has 1 aliphatic carbocycles. The van der Waals surface area contributed by atoms with E-state index in [-0.39, 0.29) is 12.7 Å². The van der Waals surface area contributed by atoms with Crippen molar-refractivity contribution in [2.45, 2.75) is 30.5 Å². The standard InChI is InChI=1S/C7H12O5/c8-1-2-3(9)4(10)5(11)7-6(2)12-7/h2-11H,1H2/t2-,3-,4+,5?,6-,7+/m1/s1. The second kappa shape index (κ2) is 2.65. The first kappa shape index (κ1) is 8.40. The Balaban J connectivity index is 2.11. The maximum absolute atomic E-state index is 9.35. The minimum atomic E-state index is -1.20. The van der Waals surface area contributed by atoms with Gasteiger partial charge in [-0.05, 0) is 0 Å². The van der Waals surface area contributed by atoms with Gasteiger partial charge >= 0.3 is 0 Å². The molecule has 2 fully saturated rings. The lowest BCUT2D eigenvalue weighted by molar-refractivity contribution is -0.105. The maximum atomic E-state index is 9.35. The van der Waals surface area contributed by atoms with Gasteiger partial charge < -0.3 is 25.2 Å². The summed E-state index contributed by atoms with van der Waals surface area (Å²) in [7, 11) is 0. The molecule has 0 spiro atoms.